The van der Waals surface area contributed by atoms with Gasteiger partial charge in [-0.1, -0.05) is 13.0 Å². The fourth-order valence-corrected chi connectivity index (χ4v) is 2.78. The molecule has 0 saturated heterocycles. The minimum atomic E-state index is -3.63. The van der Waals surface area contributed by atoms with Crippen LogP contribution in [0.4, 0.5) is 11.4 Å². The van der Waals surface area contributed by atoms with E-state index in [1.807, 2.05) is 6.92 Å². The van der Waals surface area contributed by atoms with Crippen molar-refractivity contribution in [1.82, 2.24) is 4.98 Å². The second-order valence-electron chi connectivity index (χ2n) is 4.06. The van der Waals surface area contributed by atoms with Crippen molar-refractivity contribution < 1.29 is 8.42 Å². The molecule has 3 N–H and O–H groups in total. The molecule has 1 aromatic carbocycles. The minimum Gasteiger partial charge on any atom is -0.398 e. The van der Waals surface area contributed by atoms with Gasteiger partial charge in [0.15, 0.2) is 0 Å². The number of nitrogens with two attached hydrogens (primary N) is 1. The quantitative estimate of drug-likeness (QED) is 0.837. The number of nitrogens with one attached hydrogen (secondary N) is 1. The van der Waals surface area contributed by atoms with Crippen molar-refractivity contribution in [2.75, 3.05) is 10.5 Å². The lowest BCUT2D eigenvalue weighted by atomic mass is 10.1. The van der Waals surface area contributed by atoms with Gasteiger partial charge in [0.25, 0.3) is 10.0 Å². The number of aryl methyl sites for hydroxylation is 1. The SMILES string of the molecule is CCc1ccc(S(=O)(=O)Nc2cccnc2)cc1N. The lowest BCUT2D eigenvalue weighted by Gasteiger charge is -2.09. The van der Waals surface area contributed by atoms with E-state index in [4.69, 9.17) is 5.73 Å². The average molecular weight is 277 g/mol. The molecule has 0 amide bonds. The van der Waals surface area contributed by atoms with Crippen molar-refractivity contribution in [1.29, 1.82) is 0 Å². The van der Waals surface area contributed by atoms with Crippen molar-refractivity contribution in [3.63, 3.8) is 0 Å². The number of hydrogen-bond donors (Lipinski definition) is 2. The maximum atomic E-state index is 12.2. The number of hydrogen-bond acceptors (Lipinski definition) is 4. The Hall–Kier alpha value is -2.08. The summed E-state index contributed by atoms with van der Waals surface area (Å²) >= 11 is 0. The van der Waals surface area contributed by atoms with Crippen LogP contribution in [0.25, 0.3) is 0 Å². The van der Waals surface area contributed by atoms with Gasteiger partial charge in [0.1, 0.15) is 0 Å². The zero-order chi connectivity index (χ0) is 13.9. The van der Waals surface area contributed by atoms with Crippen molar-refractivity contribution in [3.8, 4) is 0 Å². The van der Waals surface area contributed by atoms with Crippen LogP contribution < -0.4 is 10.5 Å². The van der Waals surface area contributed by atoms with Gasteiger partial charge >= 0.3 is 0 Å². The summed E-state index contributed by atoms with van der Waals surface area (Å²) in [7, 11) is -3.63. The summed E-state index contributed by atoms with van der Waals surface area (Å²) in [5.74, 6) is 0. The fourth-order valence-electron chi connectivity index (χ4n) is 1.70. The molecule has 100 valence electrons. The Kier molecular flexibility index (Phi) is 3.71. The zero-order valence-electron chi connectivity index (χ0n) is 10.5. The van der Waals surface area contributed by atoms with Crippen molar-refractivity contribution in [3.05, 3.63) is 48.3 Å². The molecule has 2 aromatic rings. The van der Waals surface area contributed by atoms with Crippen LogP contribution in [0.5, 0.6) is 0 Å². The topological polar surface area (TPSA) is 85.1 Å². The van der Waals surface area contributed by atoms with E-state index in [0.29, 0.717) is 11.4 Å². The molecule has 0 unspecified atom stereocenters. The van der Waals surface area contributed by atoms with Gasteiger partial charge in [-0.25, -0.2) is 8.42 Å². The van der Waals surface area contributed by atoms with Crippen LogP contribution in [0.1, 0.15) is 12.5 Å². The third-order valence-corrected chi connectivity index (χ3v) is 4.10. The van der Waals surface area contributed by atoms with E-state index in [1.54, 1.807) is 30.5 Å². The molecule has 0 aliphatic carbocycles. The molecule has 0 saturated carbocycles. The van der Waals surface area contributed by atoms with Crippen molar-refractivity contribution in [2.24, 2.45) is 0 Å². The van der Waals surface area contributed by atoms with Crippen molar-refractivity contribution >= 4 is 21.4 Å². The summed E-state index contributed by atoms with van der Waals surface area (Å²) in [5, 5.41) is 0. The molecular formula is C13H15N3O2S. The van der Waals surface area contributed by atoms with Gasteiger partial charge < -0.3 is 5.73 Å². The summed E-state index contributed by atoms with van der Waals surface area (Å²) in [4.78, 5) is 4.00. The third-order valence-electron chi connectivity index (χ3n) is 2.72. The first-order valence-electron chi connectivity index (χ1n) is 5.84. The van der Waals surface area contributed by atoms with Crippen LogP contribution in [0.2, 0.25) is 0 Å². The van der Waals surface area contributed by atoms with Gasteiger partial charge in [-0.15, -0.1) is 0 Å². The first-order valence-corrected chi connectivity index (χ1v) is 7.32. The van der Waals surface area contributed by atoms with Gasteiger partial charge in [0, 0.05) is 11.9 Å². The van der Waals surface area contributed by atoms with Crippen LogP contribution in [-0.4, -0.2) is 13.4 Å². The van der Waals surface area contributed by atoms with Gasteiger partial charge in [-0.3, -0.25) is 9.71 Å². The smallest absolute Gasteiger partial charge is 0.262 e. The maximum absolute atomic E-state index is 12.2. The number of nitrogen functional groups attached to an aromatic ring is 1. The molecule has 0 atom stereocenters. The molecule has 0 radical (unpaired) electrons. The Morgan fingerprint density at radius 3 is 2.68 bits per heavy atom. The van der Waals surface area contributed by atoms with E-state index in [-0.39, 0.29) is 4.90 Å². The number of nitrogens with zero attached hydrogens (tertiary/aromatic N) is 1. The molecule has 0 aliphatic heterocycles. The standard InChI is InChI=1S/C13H15N3O2S/c1-2-10-5-6-12(8-13(10)14)19(17,18)16-11-4-3-7-15-9-11/h3-9,16H,2,14H2,1H3. The van der Waals surface area contributed by atoms with E-state index < -0.39 is 10.0 Å². The highest BCUT2D eigenvalue weighted by molar-refractivity contribution is 7.92. The molecular weight excluding hydrogens is 262 g/mol. The molecule has 0 bridgehead atoms. The van der Waals surface area contributed by atoms with Crippen LogP contribution in [0.15, 0.2) is 47.6 Å². The normalized spacial score (nSPS) is 11.2. The Bertz CT molecular complexity index is 670. The first-order chi connectivity index (χ1) is 9.03. The van der Waals surface area contributed by atoms with Crippen LogP contribution in [0.3, 0.4) is 0 Å². The van der Waals surface area contributed by atoms with Crippen LogP contribution in [-0.2, 0) is 16.4 Å². The highest BCUT2D eigenvalue weighted by atomic mass is 32.2. The lowest BCUT2D eigenvalue weighted by molar-refractivity contribution is 0.601. The van der Waals surface area contributed by atoms with Gasteiger partial charge in [-0.05, 0) is 36.2 Å². The van der Waals surface area contributed by atoms with E-state index in [9.17, 15) is 8.42 Å². The fraction of sp³-hybridized carbons (Fsp3) is 0.154. The molecule has 5 nitrogen and oxygen atoms in total. The lowest BCUT2D eigenvalue weighted by Crippen LogP contribution is -2.13. The number of pyridine rings is 1. The molecule has 1 aromatic heterocycles. The number of sulfonamides is 1. The minimum absolute atomic E-state index is 0.144. The summed E-state index contributed by atoms with van der Waals surface area (Å²) in [6, 6.07) is 8.04. The second kappa shape index (κ2) is 5.27. The van der Waals surface area contributed by atoms with Gasteiger partial charge in [0.05, 0.1) is 16.8 Å². The zero-order valence-corrected chi connectivity index (χ0v) is 11.3. The molecule has 6 heteroatoms. The van der Waals surface area contributed by atoms with Gasteiger partial charge in [0.2, 0.25) is 0 Å². The Morgan fingerprint density at radius 1 is 1.32 bits per heavy atom. The molecule has 1 heterocycles. The summed E-state index contributed by atoms with van der Waals surface area (Å²) in [5.41, 5.74) is 7.65. The van der Waals surface area contributed by atoms with E-state index in [0.717, 1.165) is 12.0 Å². The Balaban J connectivity index is 2.32. The number of benzene rings is 1. The first kappa shape index (κ1) is 13.4. The number of anilines is 2. The van der Waals surface area contributed by atoms with Crippen LogP contribution >= 0.6 is 0 Å². The predicted molar refractivity (Wildman–Crippen MR) is 75.3 cm³/mol. The predicted octanol–water partition coefficient (Wildman–Crippen LogP) is 2.03. The molecule has 0 spiro atoms. The monoisotopic (exact) mass is 277 g/mol. The second-order valence-corrected chi connectivity index (χ2v) is 5.74. The van der Waals surface area contributed by atoms with E-state index >= 15 is 0 Å². The summed E-state index contributed by atoms with van der Waals surface area (Å²) in [6.07, 6.45) is 3.79. The molecule has 19 heavy (non-hydrogen) atoms. The Labute approximate surface area is 112 Å². The van der Waals surface area contributed by atoms with Crippen molar-refractivity contribution in [2.45, 2.75) is 18.2 Å². The Morgan fingerprint density at radius 2 is 2.11 bits per heavy atom. The highest BCUT2D eigenvalue weighted by Crippen LogP contribution is 2.20. The third kappa shape index (κ3) is 3.03. The average Bonchev–Trinajstić information content (AvgIpc) is 2.39. The van der Waals surface area contributed by atoms with E-state index in [2.05, 4.69) is 9.71 Å². The molecule has 0 aliphatic rings. The highest BCUT2D eigenvalue weighted by Gasteiger charge is 2.15. The van der Waals surface area contributed by atoms with Gasteiger partial charge in [-0.2, -0.15) is 0 Å². The number of rotatable bonds is 4. The largest absolute Gasteiger partial charge is 0.398 e. The van der Waals surface area contributed by atoms with Crippen LogP contribution in [0, 0.1) is 0 Å². The number of aromatic nitrogens is 1. The summed E-state index contributed by atoms with van der Waals surface area (Å²) in [6.45, 7) is 1.97. The summed E-state index contributed by atoms with van der Waals surface area (Å²) < 4.78 is 26.8. The molecule has 0 fully saturated rings. The van der Waals surface area contributed by atoms with E-state index in [1.165, 1.54) is 12.3 Å². The maximum Gasteiger partial charge on any atom is 0.262 e. The molecule has 2 rings (SSSR count).